The van der Waals surface area contributed by atoms with Crippen molar-refractivity contribution in [3.8, 4) is 0 Å². The summed E-state index contributed by atoms with van der Waals surface area (Å²) in [6.07, 6.45) is 0. The highest BCUT2D eigenvalue weighted by molar-refractivity contribution is 2.94. The first-order chi connectivity index (χ1) is 3.41. The van der Waals surface area contributed by atoms with Gasteiger partial charge in [0.05, 0.1) is 0 Å². The average molecular weight is 118 g/mol. The molecule has 0 aliphatic heterocycles. The smallest absolute Gasteiger partial charge is 0.0104 e. The van der Waals surface area contributed by atoms with Crippen LogP contribution < -0.4 is 0 Å². The Morgan fingerprint density at radius 2 is 1.14 bits per heavy atom. The van der Waals surface area contributed by atoms with Crippen LogP contribution in [0.1, 0.15) is 0 Å². The van der Waals surface area contributed by atoms with Crippen LogP contribution in [0.5, 0.6) is 0 Å². The van der Waals surface area contributed by atoms with Crippen molar-refractivity contribution in [2.45, 2.75) is 0 Å². The van der Waals surface area contributed by atoms with Gasteiger partial charge in [-0.15, -0.1) is 0 Å². The highest BCUT2D eigenvalue weighted by Gasteiger charge is 1.85. The molecule has 0 aliphatic carbocycles. The Morgan fingerprint density at radius 3 is 1.43 bits per heavy atom. The van der Waals surface area contributed by atoms with Gasteiger partial charge in [-0.25, -0.2) is 0 Å². The molecular formula is F2O5. The fraction of sp³-hybridized carbons (Fsp3) is 0. The van der Waals surface area contributed by atoms with Crippen molar-refractivity contribution in [2.24, 2.45) is 0 Å². The summed E-state index contributed by atoms with van der Waals surface area (Å²) in [5.41, 5.74) is 0. The molecular weight excluding hydrogens is 118 g/mol. The van der Waals surface area contributed by atoms with E-state index in [9.17, 15) is 9.05 Å². The second-order valence-corrected chi connectivity index (χ2v) is 0.330. The summed E-state index contributed by atoms with van der Waals surface area (Å²) >= 11 is 0. The van der Waals surface area contributed by atoms with Gasteiger partial charge >= 0.3 is 0 Å². The fourth-order valence-electron chi connectivity index (χ4n) is 0.0323. The molecule has 0 atom stereocenters. The van der Waals surface area contributed by atoms with E-state index in [0.29, 0.717) is 0 Å². The van der Waals surface area contributed by atoms with Gasteiger partial charge in [-0.1, -0.05) is 0 Å². The Bertz CT molecular complexity index is 25.3. The molecule has 0 amide bonds. The molecule has 0 fully saturated rings. The minimum atomic E-state index is 2.25. The zero-order valence-electron chi connectivity index (χ0n) is 2.80. The van der Waals surface area contributed by atoms with Crippen LogP contribution in [0.15, 0.2) is 0 Å². The second-order valence-electron chi connectivity index (χ2n) is 0.330. The summed E-state index contributed by atoms with van der Waals surface area (Å²) in [5.74, 6) is 0. The van der Waals surface area contributed by atoms with Gasteiger partial charge in [-0.3, -0.25) is 0 Å². The normalized spacial score (nSPS) is 9.43. The molecule has 0 rings (SSSR count). The summed E-state index contributed by atoms with van der Waals surface area (Å²) in [7, 11) is 0. The van der Waals surface area contributed by atoms with Gasteiger partial charge in [0.2, 0.25) is 0 Å². The van der Waals surface area contributed by atoms with E-state index in [1.165, 1.54) is 0 Å². The van der Waals surface area contributed by atoms with Crippen molar-refractivity contribution < 1.29 is 34.4 Å². The Hall–Kier alpha value is -0.340. The number of rotatable bonds is 4. The topological polar surface area (TPSA) is 46.2 Å². The van der Waals surface area contributed by atoms with E-state index in [1.54, 1.807) is 0 Å². The summed E-state index contributed by atoms with van der Waals surface area (Å²) in [4.78, 5) is 0. The van der Waals surface area contributed by atoms with Gasteiger partial charge in [0.25, 0.3) is 0 Å². The maximum absolute atomic E-state index is 10.2. The summed E-state index contributed by atoms with van der Waals surface area (Å²) in [5, 5.41) is 13.1. The number of hydrogen-bond donors (Lipinski definition) is 0. The van der Waals surface area contributed by atoms with Crippen molar-refractivity contribution in [2.75, 3.05) is 0 Å². The van der Waals surface area contributed by atoms with Crippen LogP contribution in [0.25, 0.3) is 0 Å². The van der Waals surface area contributed by atoms with E-state index < -0.39 is 0 Å². The maximum Gasteiger partial charge on any atom is 0.0104 e. The van der Waals surface area contributed by atoms with E-state index in [2.05, 4.69) is 25.3 Å². The lowest BCUT2D eigenvalue weighted by Crippen LogP contribution is -1.89. The quantitative estimate of drug-likeness (QED) is 0.305. The number of halogens is 2. The second kappa shape index (κ2) is 5.66. The zero-order chi connectivity index (χ0) is 5.54. The Balaban J connectivity index is 2.45. The standard InChI is InChI=1S/F2O5/c1-3-5-7-6-4-2. The van der Waals surface area contributed by atoms with E-state index in [-0.39, 0.29) is 0 Å². The molecule has 0 bridgehead atoms. The molecule has 0 saturated heterocycles. The molecule has 0 radical (unpaired) electrons. The van der Waals surface area contributed by atoms with Crippen LogP contribution >= 0.6 is 0 Å². The van der Waals surface area contributed by atoms with Gasteiger partial charge in [0, 0.05) is 25.3 Å². The van der Waals surface area contributed by atoms with E-state index in [4.69, 9.17) is 0 Å². The third-order valence-electron chi connectivity index (χ3n) is 0.107. The lowest BCUT2D eigenvalue weighted by Gasteiger charge is -1.84. The van der Waals surface area contributed by atoms with Gasteiger partial charge in [0.15, 0.2) is 0 Å². The molecule has 0 unspecified atom stereocenters. The van der Waals surface area contributed by atoms with Crippen LogP contribution in [0.3, 0.4) is 0 Å². The van der Waals surface area contributed by atoms with Crippen molar-refractivity contribution >= 4 is 0 Å². The summed E-state index contributed by atoms with van der Waals surface area (Å²) in [6.45, 7) is 0. The molecule has 7 heavy (non-hydrogen) atoms. The molecule has 0 spiro atoms. The minimum Gasteiger partial charge on any atom is -0.0124 e. The highest BCUT2D eigenvalue weighted by atomic mass is 19.3. The van der Waals surface area contributed by atoms with Crippen molar-refractivity contribution in [3.63, 3.8) is 0 Å². The van der Waals surface area contributed by atoms with Crippen LogP contribution in [-0.4, -0.2) is 0 Å². The Kier molecular flexibility index (Phi) is 5.39. The third-order valence-corrected chi connectivity index (χ3v) is 0.107. The first-order valence-electron chi connectivity index (χ1n) is 0.975. The van der Waals surface area contributed by atoms with E-state index in [1.807, 2.05) is 0 Å². The molecule has 0 N–H and O–H groups in total. The summed E-state index contributed by atoms with van der Waals surface area (Å²) < 4.78 is 20.4. The largest absolute Gasteiger partial charge is 0.0124 e. The molecule has 0 aromatic heterocycles. The average Bonchev–Trinajstić information content (AvgIpc) is 1.69. The predicted octanol–water partition coefficient (Wildman–Crippen LogP) is 0.498. The van der Waals surface area contributed by atoms with Gasteiger partial charge in [-0.05, 0) is 9.05 Å². The van der Waals surface area contributed by atoms with Crippen molar-refractivity contribution in [1.29, 1.82) is 0 Å². The minimum absolute atomic E-state index is 2.25. The first kappa shape index (κ1) is 6.66. The Labute approximate surface area is 35.8 Å². The van der Waals surface area contributed by atoms with Crippen LogP contribution in [0.2, 0.25) is 0 Å². The monoisotopic (exact) mass is 118 g/mol. The van der Waals surface area contributed by atoms with Crippen LogP contribution in [-0.2, 0) is 25.3 Å². The third kappa shape index (κ3) is 5.66. The number of hydrogen-bond acceptors (Lipinski definition) is 5. The predicted molar refractivity (Wildman–Crippen MR) is 7.64 cm³/mol. The Morgan fingerprint density at radius 1 is 0.714 bits per heavy atom. The molecule has 7 heteroatoms. The van der Waals surface area contributed by atoms with Gasteiger partial charge in [-0.2, -0.15) is 0 Å². The molecule has 5 nitrogen and oxygen atoms in total. The molecule has 0 aliphatic rings. The van der Waals surface area contributed by atoms with Crippen LogP contribution in [0, 0.1) is 0 Å². The van der Waals surface area contributed by atoms with E-state index >= 15 is 0 Å². The summed E-state index contributed by atoms with van der Waals surface area (Å²) in [6, 6.07) is 0. The molecule has 0 heterocycles. The highest BCUT2D eigenvalue weighted by Crippen LogP contribution is 1.83. The SMILES string of the molecule is FOOOOOF. The molecule has 0 aromatic rings. The lowest BCUT2D eigenvalue weighted by atomic mass is 14.2. The van der Waals surface area contributed by atoms with Gasteiger partial charge < -0.3 is 0 Å². The maximum atomic E-state index is 10.2. The van der Waals surface area contributed by atoms with Crippen molar-refractivity contribution in [1.82, 2.24) is 0 Å². The van der Waals surface area contributed by atoms with Crippen molar-refractivity contribution in [3.05, 3.63) is 0 Å². The molecule has 0 aromatic carbocycles. The zero-order valence-corrected chi connectivity index (χ0v) is 2.80. The van der Waals surface area contributed by atoms with Gasteiger partial charge in [0.1, 0.15) is 0 Å². The van der Waals surface area contributed by atoms with Crippen LogP contribution in [0.4, 0.5) is 9.05 Å². The fourth-order valence-corrected chi connectivity index (χ4v) is 0.0323. The lowest BCUT2D eigenvalue weighted by molar-refractivity contribution is -0.760. The van der Waals surface area contributed by atoms with E-state index in [0.717, 1.165) is 0 Å². The first-order valence-corrected chi connectivity index (χ1v) is 0.975. The molecule has 44 valence electrons. The molecule has 0 saturated carbocycles.